The molecule has 0 bridgehead atoms. The lowest BCUT2D eigenvalue weighted by Crippen LogP contribution is -2.29. The highest BCUT2D eigenvalue weighted by molar-refractivity contribution is 5.83. The minimum absolute atomic E-state index is 0.881. The zero-order valence-corrected chi connectivity index (χ0v) is 6.67. The van der Waals surface area contributed by atoms with Crippen LogP contribution in [0.2, 0.25) is 0 Å². The monoisotopic (exact) mass is 140 g/mol. The highest BCUT2D eigenvalue weighted by atomic mass is 15.4. The van der Waals surface area contributed by atoms with Gasteiger partial charge in [-0.15, -0.1) is 5.10 Å². The van der Waals surface area contributed by atoms with Crippen LogP contribution >= 0.6 is 0 Å². The molecule has 0 saturated heterocycles. The molecule has 10 heavy (non-hydrogen) atoms. The Bertz CT molecular complexity index is 127. The summed E-state index contributed by atoms with van der Waals surface area (Å²) in [5.74, 6) is 1.16. The number of hydrogen-bond acceptors (Lipinski definition) is 2. The third kappa shape index (κ3) is 1.40. The van der Waals surface area contributed by atoms with E-state index in [9.17, 15) is 0 Å². The quantitative estimate of drug-likeness (QED) is 0.553. The fraction of sp³-hybridized carbons (Fsp3) is 0.857. The Morgan fingerprint density at radius 3 is 2.50 bits per heavy atom. The third-order valence-corrected chi connectivity index (χ3v) is 1.75. The number of rotatable bonds is 2. The van der Waals surface area contributed by atoms with Crippen molar-refractivity contribution >= 4 is 5.84 Å². The Hall–Kier alpha value is -0.730. The predicted octanol–water partition coefficient (Wildman–Crippen LogP) is 0.650. The Morgan fingerprint density at radius 1 is 1.40 bits per heavy atom. The van der Waals surface area contributed by atoms with Crippen molar-refractivity contribution < 1.29 is 0 Å². The van der Waals surface area contributed by atoms with Crippen molar-refractivity contribution in [2.24, 2.45) is 5.10 Å². The van der Waals surface area contributed by atoms with Gasteiger partial charge in [-0.2, -0.15) is 5.43 Å². The molecule has 1 heterocycles. The third-order valence-electron chi connectivity index (χ3n) is 1.75. The molecule has 0 N–H and O–H groups in total. The van der Waals surface area contributed by atoms with Gasteiger partial charge in [-0.3, -0.25) is 0 Å². The first kappa shape index (κ1) is 7.38. The molecule has 1 aliphatic heterocycles. The van der Waals surface area contributed by atoms with Gasteiger partial charge in [0.15, 0.2) is 0 Å². The van der Waals surface area contributed by atoms with Crippen molar-refractivity contribution in [3.63, 3.8) is 0 Å². The van der Waals surface area contributed by atoms with Crippen LogP contribution in [-0.2, 0) is 0 Å². The second kappa shape index (κ2) is 3.44. The summed E-state index contributed by atoms with van der Waals surface area (Å²) in [5, 5.41) is 4.05. The molecule has 3 nitrogen and oxygen atoms in total. The van der Waals surface area contributed by atoms with Crippen molar-refractivity contribution in [3.8, 4) is 0 Å². The number of amidine groups is 1. The zero-order valence-electron chi connectivity index (χ0n) is 6.67. The second-order valence-corrected chi connectivity index (χ2v) is 2.30. The summed E-state index contributed by atoms with van der Waals surface area (Å²) < 4.78 is 0. The molecule has 0 amide bonds. The van der Waals surface area contributed by atoms with Gasteiger partial charge < -0.3 is 4.90 Å². The van der Waals surface area contributed by atoms with Gasteiger partial charge in [-0.1, -0.05) is 0 Å². The molecule has 0 aromatic heterocycles. The first-order valence-corrected chi connectivity index (χ1v) is 3.86. The lowest BCUT2D eigenvalue weighted by atomic mass is 10.3. The molecule has 0 fully saturated rings. The van der Waals surface area contributed by atoms with Crippen molar-refractivity contribution in [2.45, 2.75) is 20.3 Å². The van der Waals surface area contributed by atoms with Gasteiger partial charge in [0.2, 0.25) is 0 Å². The van der Waals surface area contributed by atoms with E-state index in [1.165, 1.54) is 0 Å². The Morgan fingerprint density at radius 2 is 2.10 bits per heavy atom. The molecule has 3 heteroatoms. The summed E-state index contributed by atoms with van der Waals surface area (Å²) in [4.78, 5) is 2.25. The molecule has 0 aromatic carbocycles. The number of nitrogens with zero attached hydrogens (tertiary/aromatic N) is 3. The van der Waals surface area contributed by atoms with E-state index in [2.05, 4.69) is 29.3 Å². The van der Waals surface area contributed by atoms with Crippen molar-refractivity contribution in [2.75, 3.05) is 19.6 Å². The average Bonchev–Trinajstić information content (AvgIpc) is 2.43. The molecular weight excluding hydrogens is 126 g/mol. The predicted molar refractivity (Wildman–Crippen MR) is 42.0 cm³/mol. The van der Waals surface area contributed by atoms with Crippen LogP contribution in [0.1, 0.15) is 20.3 Å². The topological polar surface area (TPSA) is 29.7 Å². The molecule has 1 rings (SSSR count). The van der Waals surface area contributed by atoms with Gasteiger partial charge in [0.25, 0.3) is 0 Å². The smallest absolute Gasteiger partial charge is 0.129 e. The van der Waals surface area contributed by atoms with Crippen LogP contribution < -0.4 is 5.43 Å². The summed E-state index contributed by atoms with van der Waals surface area (Å²) in [6, 6.07) is 0. The molecule has 57 valence electrons. The highest BCUT2D eigenvalue weighted by Crippen LogP contribution is 2.00. The fourth-order valence-electron chi connectivity index (χ4n) is 1.14. The average molecular weight is 140 g/mol. The lowest BCUT2D eigenvalue weighted by Gasteiger charge is -2.18. The molecule has 0 aromatic rings. The summed E-state index contributed by atoms with van der Waals surface area (Å²) in [7, 11) is 0. The minimum Gasteiger partial charge on any atom is -0.359 e. The highest BCUT2D eigenvalue weighted by Gasteiger charge is 2.11. The van der Waals surface area contributed by atoms with Gasteiger partial charge in [-0.25, -0.2) is 0 Å². The van der Waals surface area contributed by atoms with Crippen LogP contribution in [-0.4, -0.2) is 30.4 Å². The summed E-state index contributed by atoms with van der Waals surface area (Å²) in [6.45, 7) is 7.26. The van der Waals surface area contributed by atoms with Crippen molar-refractivity contribution in [1.82, 2.24) is 10.3 Å². The van der Waals surface area contributed by atoms with E-state index in [1.54, 1.807) is 0 Å². The van der Waals surface area contributed by atoms with Gasteiger partial charge in [0.1, 0.15) is 5.84 Å². The summed E-state index contributed by atoms with van der Waals surface area (Å²) in [5.41, 5.74) is 3.93. The fourth-order valence-corrected chi connectivity index (χ4v) is 1.14. The van der Waals surface area contributed by atoms with E-state index in [0.717, 1.165) is 31.9 Å². The van der Waals surface area contributed by atoms with Gasteiger partial charge in [0.05, 0.1) is 6.54 Å². The molecule has 0 aliphatic carbocycles. The minimum atomic E-state index is 0.881. The second-order valence-electron chi connectivity index (χ2n) is 2.30. The zero-order chi connectivity index (χ0) is 7.40. The van der Waals surface area contributed by atoms with Crippen LogP contribution in [0.3, 0.4) is 0 Å². The van der Waals surface area contributed by atoms with E-state index in [-0.39, 0.29) is 0 Å². The molecule has 0 unspecified atom stereocenters. The van der Waals surface area contributed by atoms with E-state index >= 15 is 0 Å². The summed E-state index contributed by atoms with van der Waals surface area (Å²) in [6.07, 6.45) is 1.03. The maximum Gasteiger partial charge on any atom is 0.129 e. The van der Waals surface area contributed by atoms with E-state index in [0.29, 0.717) is 0 Å². The van der Waals surface area contributed by atoms with Crippen LogP contribution in [0.15, 0.2) is 5.10 Å². The van der Waals surface area contributed by atoms with Crippen LogP contribution in [0, 0.1) is 0 Å². The van der Waals surface area contributed by atoms with Crippen molar-refractivity contribution in [3.05, 3.63) is 0 Å². The van der Waals surface area contributed by atoms with Crippen molar-refractivity contribution in [1.29, 1.82) is 0 Å². The van der Waals surface area contributed by atoms with Crippen LogP contribution in [0.4, 0.5) is 0 Å². The molecule has 0 spiro atoms. The summed E-state index contributed by atoms with van der Waals surface area (Å²) >= 11 is 0. The largest absolute Gasteiger partial charge is 0.359 e. The van der Waals surface area contributed by atoms with Gasteiger partial charge in [0, 0.05) is 19.5 Å². The lowest BCUT2D eigenvalue weighted by molar-refractivity contribution is 0.459. The van der Waals surface area contributed by atoms with Gasteiger partial charge in [-0.05, 0) is 13.8 Å². The molecular formula is C7H14N3. The first-order chi connectivity index (χ1) is 4.88. The number of hydrogen-bond donors (Lipinski definition) is 0. The standard InChI is InChI=1S/C7H14N3/c1-3-10(4-2)7-5-6-8-9-7/h3-6H2,1-2H3. The Kier molecular flexibility index (Phi) is 2.54. The normalized spacial score (nSPS) is 16.4. The maximum atomic E-state index is 4.05. The van der Waals surface area contributed by atoms with Gasteiger partial charge >= 0.3 is 0 Å². The van der Waals surface area contributed by atoms with Crippen LogP contribution in [0.5, 0.6) is 0 Å². The molecule has 0 saturated carbocycles. The first-order valence-electron chi connectivity index (χ1n) is 3.86. The Balaban J connectivity index is 2.44. The van der Waals surface area contributed by atoms with Crippen LogP contribution in [0.25, 0.3) is 0 Å². The van der Waals surface area contributed by atoms with E-state index in [4.69, 9.17) is 0 Å². The molecule has 1 aliphatic rings. The maximum absolute atomic E-state index is 4.05. The van der Waals surface area contributed by atoms with E-state index in [1.807, 2.05) is 0 Å². The van der Waals surface area contributed by atoms with E-state index < -0.39 is 0 Å². The Labute approximate surface area is 62.1 Å². The molecule has 1 radical (unpaired) electrons. The SMILES string of the molecule is CCN(CC)C1=N[N]CC1. The molecule has 0 atom stereocenters.